The molecule has 0 aromatic heterocycles. The van der Waals surface area contributed by atoms with Crippen molar-refractivity contribution in [1.29, 1.82) is 0 Å². The van der Waals surface area contributed by atoms with Gasteiger partial charge < -0.3 is 19.1 Å². The van der Waals surface area contributed by atoms with E-state index in [1.54, 1.807) is 25.7 Å². The van der Waals surface area contributed by atoms with Crippen molar-refractivity contribution in [3.8, 4) is 0 Å². The lowest BCUT2D eigenvalue weighted by atomic mass is 9.94. The summed E-state index contributed by atoms with van der Waals surface area (Å²) in [6, 6.07) is 8.47. The van der Waals surface area contributed by atoms with Gasteiger partial charge in [-0.15, -0.1) is 0 Å². The Kier molecular flexibility index (Phi) is 6.84. The lowest BCUT2D eigenvalue weighted by Crippen LogP contribution is -2.58. The van der Waals surface area contributed by atoms with E-state index in [2.05, 4.69) is 29.2 Å². The number of fused-ring (bicyclic) bond motifs is 1. The third-order valence-corrected chi connectivity index (χ3v) is 5.44. The fourth-order valence-electron chi connectivity index (χ4n) is 4.13. The first kappa shape index (κ1) is 23.4. The van der Waals surface area contributed by atoms with Crippen LogP contribution in [0, 0.1) is 0 Å². The minimum absolute atomic E-state index is 0.0135. The summed E-state index contributed by atoms with van der Waals surface area (Å²) in [6.07, 6.45) is 0.0938. The molecule has 2 atom stereocenters. The van der Waals surface area contributed by atoms with Crippen LogP contribution < -0.4 is 0 Å². The van der Waals surface area contributed by atoms with E-state index in [-0.39, 0.29) is 18.7 Å². The smallest absolute Gasteiger partial charge is 0.444 e. The number of piperidine rings is 1. The molecule has 172 valence electrons. The van der Waals surface area contributed by atoms with Gasteiger partial charge in [-0.2, -0.15) is 0 Å². The van der Waals surface area contributed by atoms with E-state index >= 15 is 0 Å². The van der Waals surface area contributed by atoms with Crippen LogP contribution in [0.5, 0.6) is 0 Å². The lowest BCUT2D eigenvalue weighted by Gasteiger charge is -2.44. The summed E-state index contributed by atoms with van der Waals surface area (Å²) in [7, 11) is 0. The van der Waals surface area contributed by atoms with Crippen molar-refractivity contribution >= 4 is 12.2 Å². The summed E-state index contributed by atoms with van der Waals surface area (Å²) in [5.74, 6) is 0. The molecule has 7 nitrogen and oxygen atoms in total. The van der Waals surface area contributed by atoms with E-state index in [1.165, 1.54) is 11.1 Å². The number of carbonyl (C=O) groups is 2. The SMILES string of the molecule is CC(C)(C)OC(=O)O[C@@H]1CN(C(=O)OC(C)(C)C)CC[C@H]1N1CCc2ccccc2C1. The number of ether oxygens (including phenoxy) is 3. The lowest BCUT2D eigenvalue weighted by molar-refractivity contribution is -0.0750. The van der Waals surface area contributed by atoms with E-state index in [1.807, 2.05) is 20.8 Å². The number of benzene rings is 1. The van der Waals surface area contributed by atoms with Crippen molar-refractivity contribution in [3.05, 3.63) is 35.4 Å². The van der Waals surface area contributed by atoms with Crippen LogP contribution in [0.25, 0.3) is 0 Å². The third-order valence-electron chi connectivity index (χ3n) is 5.44. The van der Waals surface area contributed by atoms with Gasteiger partial charge in [-0.3, -0.25) is 4.90 Å². The highest BCUT2D eigenvalue weighted by atomic mass is 16.7. The highest BCUT2D eigenvalue weighted by molar-refractivity contribution is 5.68. The van der Waals surface area contributed by atoms with Crippen molar-refractivity contribution in [2.75, 3.05) is 19.6 Å². The standard InChI is InChI=1S/C24H36N2O5/c1-23(2,3)30-21(27)26-14-12-19(20(16-26)29-22(28)31-24(4,5)6)25-13-11-17-9-7-8-10-18(17)15-25/h7-10,19-20H,11-16H2,1-6H3/t19-,20-/m1/s1. The fraction of sp³-hybridized carbons (Fsp3) is 0.667. The van der Waals surface area contributed by atoms with Crippen LogP contribution in [0.4, 0.5) is 9.59 Å². The minimum atomic E-state index is -0.703. The summed E-state index contributed by atoms with van der Waals surface area (Å²) in [5, 5.41) is 0. The van der Waals surface area contributed by atoms with Gasteiger partial charge in [-0.25, -0.2) is 9.59 Å². The first-order valence-corrected chi connectivity index (χ1v) is 11.1. The van der Waals surface area contributed by atoms with Crippen molar-refractivity contribution in [2.24, 2.45) is 0 Å². The van der Waals surface area contributed by atoms with Gasteiger partial charge in [0.15, 0.2) is 0 Å². The van der Waals surface area contributed by atoms with Gasteiger partial charge in [0.2, 0.25) is 0 Å². The average molecular weight is 433 g/mol. The van der Waals surface area contributed by atoms with E-state index in [9.17, 15) is 9.59 Å². The zero-order chi connectivity index (χ0) is 22.8. The molecule has 1 aromatic carbocycles. The molecule has 2 aliphatic rings. The Balaban J connectivity index is 1.74. The summed E-state index contributed by atoms with van der Waals surface area (Å²) in [5.41, 5.74) is 1.45. The van der Waals surface area contributed by atoms with Gasteiger partial charge in [0, 0.05) is 19.6 Å². The maximum absolute atomic E-state index is 12.6. The number of nitrogens with zero attached hydrogens (tertiary/aromatic N) is 2. The van der Waals surface area contributed by atoms with Crippen molar-refractivity contribution in [3.63, 3.8) is 0 Å². The van der Waals surface area contributed by atoms with Crippen LogP contribution in [0.3, 0.4) is 0 Å². The summed E-state index contributed by atoms with van der Waals surface area (Å²) >= 11 is 0. The van der Waals surface area contributed by atoms with E-state index in [0.29, 0.717) is 13.0 Å². The molecule has 0 unspecified atom stereocenters. The number of likely N-dealkylation sites (tertiary alicyclic amines) is 1. The first-order valence-electron chi connectivity index (χ1n) is 11.1. The van der Waals surface area contributed by atoms with Gasteiger partial charge >= 0.3 is 12.2 Å². The van der Waals surface area contributed by atoms with Gasteiger partial charge in [-0.1, -0.05) is 24.3 Å². The minimum Gasteiger partial charge on any atom is -0.444 e. The molecule has 1 fully saturated rings. The molecule has 1 saturated heterocycles. The third kappa shape index (κ3) is 6.60. The zero-order valence-electron chi connectivity index (χ0n) is 19.6. The van der Waals surface area contributed by atoms with Crippen molar-refractivity contribution < 1.29 is 23.8 Å². The largest absolute Gasteiger partial charge is 0.509 e. The Morgan fingerprint density at radius 1 is 0.935 bits per heavy atom. The van der Waals surface area contributed by atoms with Crippen LogP contribution in [0.1, 0.15) is 59.1 Å². The molecule has 1 amide bonds. The Hall–Kier alpha value is -2.28. The number of carbonyl (C=O) groups excluding carboxylic acids is 2. The highest BCUT2D eigenvalue weighted by Crippen LogP contribution is 2.28. The van der Waals surface area contributed by atoms with Gasteiger partial charge in [0.25, 0.3) is 0 Å². The van der Waals surface area contributed by atoms with Gasteiger partial charge in [0.05, 0.1) is 12.6 Å². The van der Waals surface area contributed by atoms with Crippen LogP contribution in [-0.2, 0) is 27.2 Å². The van der Waals surface area contributed by atoms with Crippen LogP contribution in [-0.4, -0.2) is 65.0 Å². The van der Waals surface area contributed by atoms with Crippen molar-refractivity contribution in [1.82, 2.24) is 9.80 Å². The number of rotatable bonds is 2. The van der Waals surface area contributed by atoms with Gasteiger partial charge in [-0.05, 0) is 65.5 Å². The molecule has 1 aromatic rings. The monoisotopic (exact) mass is 432 g/mol. The zero-order valence-corrected chi connectivity index (χ0v) is 19.6. The van der Waals surface area contributed by atoms with Crippen LogP contribution in [0.2, 0.25) is 0 Å². The Morgan fingerprint density at radius 2 is 1.58 bits per heavy atom. The molecule has 0 N–H and O–H groups in total. The Labute approximate surface area is 185 Å². The number of amides is 1. The molecule has 0 saturated carbocycles. The molecular weight excluding hydrogens is 396 g/mol. The maximum Gasteiger partial charge on any atom is 0.509 e. The molecule has 2 heterocycles. The second kappa shape index (κ2) is 9.07. The van der Waals surface area contributed by atoms with Crippen LogP contribution in [0.15, 0.2) is 24.3 Å². The second-order valence-electron chi connectivity index (χ2n) is 10.4. The molecule has 0 spiro atoms. The van der Waals surface area contributed by atoms with E-state index in [0.717, 1.165) is 19.5 Å². The van der Waals surface area contributed by atoms with E-state index < -0.39 is 23.5 Å². The predicted octanol–water partition coefficient (Wildman–Crippen LogP) is 4.37. The molecular formula is C24H36N2O5. The van der Waals surface area contributed by atoms with Gasteiger partial charge in [0.1, 0.15) is 17.3 Å². The van der Waals surface area contributed by atoms with Crippen LogP contribution >= 0.6 is 0 Å². The molecule has 2 aliphatic heterocycles. The summed E-state index contributed by atoms with van der Waals surface area (Å²) < 4.78 is 16.7. The average Bonchev–Trinajstić information content (AvgIpc) is 2.64. The number of hydrogen-bond donors (Lipinski definition) is 0. The molecule has 0 radical (unpaired) electrons. The molecule has 3 rings (SSSR count). The fourth-order valence-corrected chi connectivity index (χ4v) is 4.13. The topological polar surface area (TPSA) is 68.3 Å². The first-order chi connectivity index (χ1) is 14.4. The summed E-state index contributed by atoms with van der Waals surface area (Å²) in [4.78, 5) is 29.1. The maximum atomic E-state index is 12.6. The van der Waals surface area contributed by atoms with Crippen molar-refractivity contribution in [2.45, 2.75) is 84.3 Å². The number of hydrogen-bond acceptors (Lipinski definition) is 6. The summed E-state index contributed by atoms with van der Waals surface area (Å²) in [6.45, 7) is 13.5. The normalized spacial score (nSPS) is 22.5. The Bertz CT molecular complexity index is 796. The molecule has 7 heteroatoms. The Morgan fingerprint density at radius 3 is 2.23 bits per heavy atom. The highest BCUT2D eigenvalue weighted by Gasteiger charge is 2.40. The predicted molar refractivity (Wildman–Crippen MR) is 118 cm³/mol. The quantitative estimate of drug-likeness (QED) is 0.646. The van der Waals surface area contributed by atoms with E-state index in [4.69, 9.17) is 14.2 Å². The second-order valence-corrected chi connectivity index (χ2v) is 10.4. The molecule has 0 aliphatic carbocycles. The molecule has 31 heavy (non-hydrogen) atoms. The molecule has 0 bridgehead atoms.